The molecule has 0 aliphatic heterocycles. The van der Waals surface area contributed by atoms with Gasteiger partial charge in [0.15, 0.2) is 0 Å². The van der Waals surface area contributed by atoms with Gasteiger partial charge in [0.25, 0.3) is 5.56 Å². The fraction of sp³-hybridized carbons (Fsp3) is 0.457. The summed E-state index contributed by atoms with van der Waals surface area (Å²) >= 11 is 0. The number of aliphatic carboxylic acids is 1. The SMILES string of the molecule is Cc1cc(-c2c(C)cc(C)c(F)c2C)cc([C@H](CC(=O)O)NC(=O)C(CC(C)C)n2cc(CCN(C)C)c(C(F)(F)F)cc2=O)c1F. The van der Waals surface area contributed by atoms with E-state index in [2.05, 4.69) is 5.32 Å². The van der Waals surface area contributed by atoms with Crippen LogP contribution in [-0.4, -0.2) is 47.1 Å². The Morgan fingerprint density at radius 1 is 0.957 bits per heavy atom. The van der Waals surface area contributed by atoms with Crippen molar-refractivity contribution < 1.29 is 36.6 Å². The van der Waals surface area contributed by atoms with Crippen molar-refractivity contribution in [2.75, 3.05) is 20.6 Å². The molecule has 1 aromatic heterocycles. The van der Waals surface area contributed by atoms with Gasteiger partial charge in [-0.25, -0.2) is 8.78 Å². The van der Waals surface area contributed by atoms with E-state index in [1.54, 1.807) is 59.7 Å². The first-order valence-corrected chi connectivity index (χ1v) is 15.3. The maximum absolute atomic E-state index is 15.8. The van der Waals surface area contributed by atoms with E-state index in [0.29, 0.717) is 33.9 Å². The van der Waals surface area contributed by atoms with Gasteiger partial charge in [-0.05, 0) is 112 Å². The van der Waals surface area contributed by atoms with Crippen LogP contribution in [0.3, 0.4) is 0 Å². The van der Waals surface area contributed by atoms with E-state index < -0.39 is 59.3 Å². The predicted octanol–water partition coefficient (Wildman–Crippen LogP) is 7.07. The lowest BCUT2D eigenvalue weighted by Crippen LogP contribution is -2.41. The number of carbonyl (C=O) groups excluding carboxylic acids is 1. The van der Waals surface area contributed by atoms with Crippen molar-refractivity contribution in [1.82, 2.24) is 14.8 Å². The normalized spacial score (nSPS) is 13.3. The summed E-state index contributed by atoms with van der Waals surface area (Å²) < 4.78 is 73.3. The van der Waals surface area contributed by atoms with E-state index in [0.717, 1.165) is 10.8 Å². The zero-order chi connectivity index (χ0) is 35.5. The predicted molar refractivity (Wildman–Crippen MR) is 170 cm³/mol. The highest BCUT2D eigenvalue weighted by atomic mass is 19.4. The number of aryl methyl sites for hydroxylation is 3. The smallest absolute Gasteiger partial charge is 0.416 e. The van der Waals surface area contributed by atoms with Gasteiger partial charge in [0.2, 0.25) is 5.91 Å². The van der Waals surface area contributed by atoms with Gasteiger partial charge in [-0.15, -0.1) is 0 Å². The molecule has 1 amide bonds. The Morgan fingerprint density at radius 2 is 1.57 bits per heavy atom. The monoisotopic (exact) mass is 663 g/mol. The molecule has 3 aromatic rings. The Bertz CT molecular complexity index is 1710. The number of alkyl halides is 3. The second-order valence-electron chi connectivity index (χ2n) is 12.8. The summed E-state index contributed by atoms with van der Waals surface area (Å²) in [5, 5.41) is 12.3. The number of hydrogen-bond acceptors (Lipinski definition) is 4. The van der Waals surface area contributed by atoms with Crippen LogP contribution in [0.2, 0.25) is 0 Å². The molecule has 0 radical (unpaired) electrons. The van der Waals surface area contributed by atoms with E-state index in [1.165, 1.54) is 19.1 Å². The minimum atomic E-state index is -4.81. The van der Waals surface area contributed by atoms with Crippen molar-refractivity contribution in [2.45, 2.75) is 79.1 Å². The molecular formula is C35H42F5N3O4. The number of hydrogen-bond donors (Lipinski definition) is 2. The molecule has 12 heteroatoms. The first kappa shape index (κ1) is 37.4. The Hall–Kier alpha value is -4.06. The number of carboxylic acid groups (broad SMARTS) is 1. The number of likely N-dealkylation sites (N-methyl/N-ethyl adjacent to an activating group) is 1. The second-order valence-corrected chi connectivity index (χ2v) is 12.8. The third kappa shape index (κ3) is 8.85. The highest BCUT2D eigenvalue weighted by Crippen LogP contribution is 2.36. The average molecular weight is 664 g/mol. The quantitative estimate of drug-likeness (QED) is 0.202. The standard InChI is InChI=1S/C35H42F5N3O4/c1-18(2)11-28(43-17-23(9-10-42(7)8)26(15-29(43)44)35(38,39)40)34(47)41-27(16-30(45)46)25-14-24(13-21(5)33(25)37)31-19(3)12-20(4)32(36)22(31)6/h12-15,17-18,27-28H,9-11,16H2,1-8H3,(H,41,47)(H,45,46)/t27-,28?/m0/s1. The molecule has 256 valence electrons. The van der Waals surface area contributed by atoms with E-state index in [4.69, 9.17) is 0 Å². The van der Waals surface area contributed by atoms with Gasteiger partial charge in [0, 0.05) is 24.4 Å². The summed E-state index contributed by atoms with van der Waals surface area (Å²) in [6.45, 7) is 10.2. The molecule has 47 heavy (non-hydrogen) atoms. The van der Waals surface area contributed by atoms with Crippen LogP contribution < -0.4 is 10.9 Å². The van der Waals surface area contributed by atoms with Crippen molar-refractivity contribution in [3.63, 3.8) is 0 Å². The minimum absolute atomic E-state index is 0.0204. The summed E-state index contributed by atoms with van der Waals surface area (Å²) in [6, 6.07) is 2.25. The second kappa shape index (κ2) is 14.8. The maximum Gasteiger partial charge on any atom is 0.416 e. The largest absolute Gasteiger partial charge is 0.481 e. The minimum Gasteiger partial charge on any atom is -0.481 e. The van der Waals surface area contributed by atoms with Gasteiger partial charge >= 0.3 is 12.1 Å². The molecule has 2 atom stereocenters. The van der Waals surface area contributed by atoms with Crippen molar-refractivity contribution in [3.05, 3.63) is 91.4 Å². The number of amides is 1. The Balaban J connectivity index is 2.17. The highest BCUT2D eigenvalue weighted by molar-refractivity contribution is 5.82. The average Bonchev–Trinajstić information content (AvgIpc) is 2.94. The van der Waals surface area contributed by atoms with Crippen LogP contribution in [0.4, 0.5) is 22.0 Å². The first-order chi connectivity index (χ1) is 21.7. The van der Waals surface area contributed by atoms with Crippen LogP contribution in [0.1, 0.15) is 77.7 Å². The van der Waals surface area contributed by atoms with E-state index in [9.17, 15) is 37.1 Å². The molecule has 0 bridgehead atoms. The molecule has 0 aliphatic carbocycles. The molecule has 3 rings (SSSR count). The van der Waals surface area contributed by atoms with Gasteiger partial charge in [0.1, 0.15) is 17.7 Å². The zero-order valence-corrected chi connectivity index (χ0v) is 27.9. The number of benzene rings is 2. The van der Waals surface area contributed by atoms with Crippen molar-refractivity contribution in [3.8, 4) is 11.1 Å². The van der Waals surface area contributed by atoms with E-state index in [1.807, 2.05) is 0 Å². The number of carboxylic acids is 1. The van der Waals surface area contributed by atoms with Gasteiger partial charge in [-0.2, -0.15) is 13.2 Å². The number of halogens is 5. The zero-order valence-electron chi connectivity index (χ0n) is 27.9. The van der Waals surface area contributed by atoms with Crippen LogP contribution in [0.25, 0.3) is 11.1 Å². The maximum atomic E-state index is 15.8. The molecule has 0 spiro atoms. The molecular weight excluding hydrogens is 621 g/mol. The number of pyridine rings is 1. The highest BCUT2D eigenvalue weighted by Gasteiger charge is 2.36. The number of rotatable bonds is 12. The summed E-state index contributed by atoms with van der Waals surface area (Å²) in [5.74, 6) is -3.65. The lowest BCUT2D eigenvalue weighted by atomic mass is 9.89. The molecule has 0 aliphatic rings. The number of carbonyl (C=O) groups is 2. The van der Waals surface area contributed by atoms with Gasteiger partial charge in [-0.3, -0.25) is 14.4 Å². The molecule has 0 saturated heterocycles. The van der Waals surface area contributed by atoms with Gasteiger partial charge in [-0.1, -0.05) is 19.9 Å². The van der Waals surface area contributed by atoms with Crippen LogP contribution in [-0.2, 0) is 22.2 Å². The third-order valence-electron chi connectivity index (χ3n) is 8.15. The molecule has 2 N–H and O–H groups in total. The van der Waals surface area contributed by atoms with Crippen LogP contribution >= 0.6 is 0 Å². The first-order valence-electron chi connectivity index (χ1n) is 15.3. The topological polar surface area (TPSA) is 91.6 Å². The summed E-state index contributed by atoms with van der Waals surface area (Å²) in [4.78, 5) is 40.7. The lowest BCUT2D eigenvalue weighted by Gasteiger charge is -2.27. The Kier molecular flexibility index (Phi) is 11.8. The van der Waals surface area contributed by atoms with Gasteiger partial charge < -0.3 is 19.9 Å². The molecule has 1 unspecified atom stereocenters. The third-order valence-corrected chi connectivity index (χ3v) is 8.15. The molecule has 0 saturated carbocycles. The van der Waals surface area contributed by atoms with Crippen molar-refractivity contribution >= 4 is 11.9 Å². The summed E-state index contributed by atoms with van der Waals surface area (Å²) in [6.07, 6.45) is -4.55. The molecule has 7 nitrogen and oxygen atoms in total. The molecule has 2 aromatic carbocycles. The Labute approximate surface area is 271 Å². The molecule has 0 fully saturated rings. The fourth-order valence-electron chi connectivity index (χ4n) is 5.92. The van der Waals surface area contributed by atoms with Crippen LogP contribution in [0, 0.1) is 45.2 Å². The lowest BCUT2D eigenvalue weighted by molar-refractivity contribution is -0.139. The van der Waals surface area contributed by atoms with Crippen molar-refractivity contribution in [1.29, 1.82) is 0 Å². The number of nitrogens with one attached hydrogen (secondary N) is 1. The summed E-state index contributed by atoms with van der Waals surface area (Å²) in [7, 11) is 3.38. The van der Waals surface area contributed by atoms with E-state index in [-0.39, 0.29) is 42.0 Å². The molecule has 1 heterocycles. The number of aromatic nitrogens is 1. The number of nitrogens with zero attached hydrogens (tertiary/aromatic N) is 2. The van der Waals surface area contributed by atoms with Gasteiger partial charge in [0.05, 0.1) is 18.0 Å². The summed E-state index contributed by atoms with van der Waals surface area (Å²) in [5.41, 5.74) is 0.00725. The van der Waals surface area contributed by atoms with Crippen LogP contribution in [0.15, 0.2) is 35.3 Å². The van der Waals surface area contributed by atoms with Crippen LogP contribution in [0.5, 0.6) is 0 Å². The fourth-order valence-corrected chi connectivity index (χ4v) is 5.92. The van der Waals surface area contributed by atoms with E-state index >= 15 is 4.39 Å². The van der Waals surface area contributed by atoms with Crippen molar-refractivity contribution in [2.24, 2.45) is 5.92 Å². The Morgan fingerprint density at radius 3 is 2.13 bits per heavy atom.